The van der Waals surface area contributed by atoms with Gasteiger partial charge in [0.2, 0.25) is 15.9 Å². The first-order valence-corrected chi connectivity index (χ1v) is 9.70. The van der Waals surface area contributed by atoms with E-state index < -0.39 is 10.0 Å². The summed E-state index contributed by atoms with van der Waals surface area (Å²) in [4.78, 5) is 17.8. The van der Waals surface area contributed by atoms with Crippen LogP contribution in [-0.4, -0.2) is 49.9 Å². The Labute approximate surface area is 144 Å². The normalized spacial score (nSPS) is 15.1. The molecular weight excluding hydrogens is 350 g/mol. The largest absolute Gasteiger partial charge is 0.463 e. The van der Waals surface area contributed by atoms with Gasteiger partial charge >= 0.3 is 0 Å². The molecule has 9 heteroatoms. The Kier molecular flexibility index (Phi) is 4.83. The Hall–Kier alpha value is -1.97. The minimum Gasteiger partial charge on any atom is -0.463 e. The number of nitrogens with zero attached hydrogens (tertiary/aromatic N) is 2. The Balaban J connectivity index is 1.48. The van der Waals surface area contributed by atoms with Gasteiger partial charge in [-0.25, -0.2) is 18.1 Å². The van der Waals surface area contributed by atoms with E-state index in [0.29, 0.717) is 18.3 Å². The summed E-state index contributed by atoms with van der Waals surface area (Å²) in [5.41, 5.74) is 0.842. The molecule has 1 aromatic carbocycles. The number of rotatable bonds is 6. The molecule has 0 bridgehead atoms. The molecule has 0 unspecified atom stereocenters. The zero-order chi connectivity index (χ0) is 17.2. The van der Waals surface area contributed by atoms with Gasteiger partial charge in [0.05, 0.1) is 24.5 Å². The van der Waals surface area contributed by atoms with Gasteiger partial charge in [-0.2, -0.15) is 0 Å². The van der Waals surface area contributed by atoms with Gasteiger partial charge in [0.1, 0.15) is 6.10 Å². The van der Waals surface area contributed by atoms with E-state index in [1.165, 1.54) is 17.4 Å². The Morgan fingerprint density at radius 2 is 2.25 bits per heavy atom. The maximum absolute atomic E-state index is 12.2. The van der Waals surface area contributed by atoms with Crippen molar-refractivity contribution in [2.45, 2.75) is 17.9 Å². The van der Waals surface area contributed by atoms with Gasteiger partial charge in [0.25, 0.3) is 5.19 Å². The molecule has 0 aliphatic carbocycles. The number of carbonyl (C=O) groups is 1. The van der Waals surface area contributed by atoms with Crippen LogP contribution < -0.4 is 9.46 Å². The first kappa shape index (κ1) is 16.9. The van der Waals surface area contributed by atoms with Gasteiger partial charge in [0.15, 0.2) is 0 Å². The van der Waals surface area contributed by atoms with Crippen LogP contribution in [0.5, 0.6) is 5.19 Å². The molecule has 0 atom stereocenters. The Morgan fingerprint density at radius 3 is 2.92 bits per heavy atom. The van der Waals surface area contributed by atoms with E-state index in [1.54, 1.807) is 23.2 Å². The van der Waals surface area contributed by atoms with E-state index >= 15 is 0 Å². The summed E-state index contributed by atoms with van der Waals surface area (Å²) in [6.07, 6.45) is 1.57. The topological polar surface area (TPSA) is 88.6 Å². The van der Waals surface area contributed by atoms with Gasteiger partial charge in [0, 0.05) is 11.6 Å². The summed E-state index contributed by atoms with van der Waals surface area (Å²) >= 11 is 1.39. The van der Waals surface area contributed by atoms with Gasteiger partial charge in [-0.15, -0.1) is 0 Å². The number of amides is 1. The number of likely N-dealkylation sites (tertiary alicyclic amines) is 1. The number of hydrogen-bond acceptors (Lipinski definition) is 6. The minimum atomic E-state index is -3.69. The number of ether oxygens (including phenoxy) is 1. The lowest BCUT2D eigenvalue weighted by molar-refractivity contribution is -0.138. The van der Waals surface area contributed by atoms with Crippen LogP contribution in [0.3, 0.4) is 0 Å². The standard InChI is InChI=1S/C15H17N3O4S2/c1-11-3-2-4-13(7-11)24(20,21)17-8-14(19)18-9-12(10-18)22-15-16-5-6-23-15/h2-7,12,17H,8-10H2,1H3. The molecule has 1 fully saturated rings. The molecule has 1 aromatic heterocycles. The quantitative estimate of drug-likeness (QED) is 0.823. The molecule has 2 aromatic rings. The number of aryl methyl sites for hydroxylation is 1. The summed E-state index contributed by atoms with van der Waals surface area (Å²) in [5.74, 6) is -0.273. The van der Waals surface area contributed by atoms with Crippen LogP contribution in [0.15, 0.2) is 40.7 Å². The molecule has 2 heterocycles. The number of benzene rings is 1. The second-order valence-electron chi connectivity index (χ2n) is 5.48. The average molecular weight is 367 g/mol. The highest BCUT2D eigenvalue weighted by Crippen LogP contribution is 2.20. The van der Waals surface area contributed by atoms with Gasteiger partial charge in [-0.05, 0) is 24.6 Å². The fourth-order valence-corrected chi connectivity index (χ4v) is 3.89. The molecule has 7 nitrogen and oxygen atoms in total. The summed E-state index contributed by atoms with van der Waals surface area (Å²) in [5, 5.41) is 2.39. The molecule has 3 rings (SSSR count). The van der Waals surface area contributed by atoms with Crippen LogP contribution in [0, 0.1) is 6.92 Å². The van der Waals surface area contributed by atoms with Gasteiger partial charge in [-0.1, -0.05) is 23.5 Å². The van der Waals surface area contributed by atoms with Crippen molar-refractivity contribution in [2.24, 2.45) is 0 Å². The molecule has 1 saturated heterocycles. The van der Waals surface area contributed by atoms with Crippen molar-refractivity contribution in [3.8, 4) is 5.19 Å². The summed E-state index contributed by atoms with van der Waals surface area (Å²) in [6, 6.07) is 6.55. The number of aromatic nitrogens is 1. The molecule has 1 amide bonds. The van der Waals surface area contributed by atoms with Crippen LogP contribution in [0.2, 0.25) is 0 Å². The molecule has 128 valence electrons. The SMILES string of the molecule is Cc1cccc(S(=O)(=O)NCC(=O)N2CC(Oc3nccs3)C2)c1. The third kappa shape index (κ3) is 3.92. The van der Waals surface area contributed by atoms with E-state index in [4.69, 9.17) is 4.74 Å². The van der Waals surface area contributed by atoms with Crippen molar-refractivity contribution in [1.82, 2.24) is 14.6 Å². The lowest BCUT2D eigenvalue weighted by atomic mass is 10.1. The van der Waals surface area contributed by atoms with Crippen LogP contribution in [0.25, 0.3) is 0 Å². The third-order valence-corrected chi connectivity index (χ3v) is 5.65. The first-order valence-electron chi connectivity index (χ1n) is 7.34. The summed E-state index contributed by atoms with van der Waals surface area (Å²) in [7, 11) is -3.69. The van der Waals surface area contributed by atoms with Crippen LogP contribution in [0.4, 0.5) is 0 Å². The number of sulfonamides is 1. The van der Waals surface area contributed by atoms with Gasteiger partial charge in [-0.3, -0.25) is 4.79 Å². The van der Waals surface area contributed by atoms with E-state index in [0.717, 1.165) is 5.56 Å². The van der Waals surface area contributed by atoms with Crippen molar-refractivity contribution in [2.75, 3.05) is 19.6 Å². The summed E-state index contributed by atoms with van der Waals surface area (Å²) in [6.45, 7) is 2.42. The van der Waals surface area contributed by atoms with Crippen molar-refractivity contribution < 1.29 is 17.9 Å². The monoisotopic (exact) mass is 367 g/mol. The van der Waals surface area contributed by atoms with Crippen molar-refractivity contribution in [3.63, 3.8) is 0 Å². The molecule has 24 heavy (non-hydrogen) atoms. The maximum Gasteiger partial charge on any atom is 0.273 e. The van der Waals surface area contributed by atoms with Crippen LogP contribution in [0.1, 0.15) is 5.56 Å². The van der Waals surface area contributed by atoms with Crippen molar-refractivity contribution in [3.05, 3.63) is 41.4 Å². The fourth-order valence-electron chi connectivity index (χ4n) is 2.26. The predicted octanol–water partition coefficient (Wildman–Crippen LogP) is 1.02. The lowest BCUT2D eigenvalue weighted by Gasteiger charge is -2.38. The molecule has 0 spiro atoms. The average Bonchev–Trinajstić information content (AvgIpc) is 3.01. The number of nitrogens with one attached hydrogen (secondary N) is 1. The second-order valence-corrected chi connectivity index (χ2v) is 8.10. The smallest absolute Gasteiger partial charge is 0.273 e. The number of hydrogen-bond donors (Lipinski definition) is 1. The Bertz CT molecular complexity index is 815. The third-order valence-electron chi connectivity index (χ3n) is 3.59. The minimum absolute atomic E-state index is 0.0894. The van der Waals surface area contributed by atoms with Crippen LogP contribution in [-0.2, 0) is 14.8 Å². The zero-order valence-corrected chi connectivity index (χ0v) is 14.6. The Morgan fingerprint density at radius 1 is 1.46 bits per heavy atom. The molecule has 0 radical (unpaired) electrons. The summed E-state index contributed by atoms with van der Waals surface area (Å²) < 4.78 is 32.3. The highest BCUT2D eigenvalue weighted by molar-refractivity contribution is 7.89. The maximum atomic E-state index is 12.2. The molecular formula is C15H17N3O4S2. The lowest BCUT2D eigenvalue weighted by Crippen LogP contribution is -2.58. The van der Waals surface area contributed by atoms with Crippen molar-refractivity contribution >= 4 is 27.3 Å². The predicted molar refractivity (Wildman–Crippen MR) is 89.5 cm³/mol. The molecule has 1 N–H and O–H groups in total. The van der Waals surface area contributed by atoms with E-state index in [2.05, 4.69) is 9.71 Å². The fraction of sp³-hybridized carbons (Fsp3) is 0.333. The number of thiazole rings is 1. The molecule has 1 aliphatic heterocycles. The highest BCUT2D eigenvalue weighted by atomic mass is 32.2. The van der Waals surface area contributed by atoms with Crippen LogP contribution >= 0.6 is 11.3 Å². The van der Waals surface area contributed by atoms with Gasteiger partial charge < -0.3 is 9.64 Å². The molecule has 1 aliphatic rings. The van der Waals surface area contributed by atoms with E-state index in [1.807, 2.05) is 18.4 Å². The first-order chi connectivity index (χ1) is 11.4. The zero-order valence-electron chi connectivity index (χ0n) is 13.0. The highest BCUT2D eigenvalue weighted by Gasteiger charge is 2.33. The second kappa shape index (κ2) is 6.88. The van der Waals surface area contributed by atoms with E-state index in [9.17, 15) is 13.2 Å². The number of carbonyl (C=O) groups excluding carboxylic acids is 1. The van der Waals surface area contributed by atoms with E-state index in [-0.39, 0.29) is 23.5 Å². The molecule has 0 saturated carbocycles. The van der Waals surface area contributed by atoms with Crippen molar-refractivity contribution in [1.29, 1.82) is 0 Å².